The third kappa shape index (κ3) is 3.77. The third-order valence-electron chi connectivity index (χ3n) is 1.27. The Morgan fingerprint density at radius 1 is 1.70 bits per heavy atom. The molecule has 1 atom stereocenters. The second kappa shape index (κ2) is 5.59. The molecular weight excluding hydrogens is 146 g/mol. The SMILES string of the molecule is CCCNC(=O)C(C)SC. The van der Waals surface area contributed by atoms with Gasteiger partial charge in [0.2, 0.25) is 5.91 Å². The van der Waals surface area contributed by atoms with E-state index in [1.165, 1.54) is 0 Å². The van der Waals surface area contributed by atoms with Crippen LogP contribution in [0.15, 0.2) is 0 Å². The summed E-state index contributed by atoms with van der Waals surface area (Å²) >= 11 is 1.57. The van der Waals surface area contributed by atoms with Gasteiger partial charge in [-0.05, 0) is 19.6 Å². The van der Waals surface area contributed by atoms with E-state index in [1.54, 1.807) is 11.8 Å². The zero-order valence-electron chi connectivity index (χ0n) is 6.81. The van der Waals surface area contributed by atoms with Crippen molar-refractivity contribution in [2.24, 2.45) is 0 Å². The van der Waals surface area contributed by atoms with Crippen molar-refractivity contribution in [2.75, 3.05) is 12.8 Å². The molecule has 0 saturated heterocycles. The summed E-state index contributed by atoms with van der Waals surface area (Å²) in [6.45, 7) is 4.75. The monoisotopic (exact) mass is 161 g/mol. The lowest BCUT2D eigenvalue weighted by molar-refractivity contribution is -0.120. The fourth-order valence-electron chi connectivity index (χ4n) is 0.499. The summed E-state index contributed by atoms with van der Waals surface area (Å²) in [6.07, 6.45) is 2.95. The summed E-state index contributed by atoms with van der Waals surface area (Å²) in [7, 11) is 0. The van der Waals surface area contributed by atoms with Gasteiger partial charge in [0.25, 0.3) is 0 Å². The van der Waals surface area contributed by atoms with E-state index in [-0.39, 0.29) is 11.2 Å². The fraction of sp³-hybridized carbons (Fsp3) is 0.857. The normalized spacial score (nSPS) is 12.7. The highest BCUT2D eigenvalue weighted by atomic mass is 32.2. The number of hydrogen-bond acceptors (Lipinski definition) is 2. The molecular formula is C7H15NOS. The molecule has 0 aromatic rings. The molecule has 1 N–H and O–H groups in total. The van der Waals surface area contributed by atoms with E-state index < -0.39 is 0 Å². The number of hydrogen-bond donors (Lipinski definition) is 1. The standard InChI is InChI=1S/C7H15NOS/c1-4-5-8-7(9)6(2)10-3/h6H,4-5H2,1-3H3,(H,8,9). The molecule has 0 aliphatic rings. The molecule has 0 fully saturated rings. The molecule has 10 heavy (non-hydrogen) atoms. The van der Waals surface area contributed by atoms with Gasteiger partial charge in [-0.25, -0.2) is 0 Å². The topological polar surface area (TPSA) is 29.1 Å². The maximum absolute atomic E-state index is 11.0. The first kappa shape index (κ1) is 9.82. The van der Waals surface area contributed by atoms with E-state index >= 15 is 0 Å². The van der Waals surface area contributed by atoms with Crippen molar-refractivity contribution in [1.29, 1.82) is 0 Å². The highest BCUT2D eigenvalue weighted by molar-refractivity contribution is 7.99. The molecule has 0 aliphatic carbocycles. The number of nitrogens with one attached hydrogen (secondary N) is 1. The van der Waals surface area contributed by atoms with Crippen molar-refractivity contribution in [1.82, 2.24) is 5.32 Å². The van der Waals surface area contributed by atoms with Crippen molar-refractivity contribution < 1.29 is 4.79 Å². The summed E-state index contributed by atoms with van der Waals surface area (Å²) < 4.78 is 0. The van der Waals surface area contributed by atoms with Gasteiger partial charge in [0.1, 0.15) is 0 Å². The Morgan fingerprint density at radius 2 is 2.30 bits per heavy atom. The van der Waals surface area contributed by atoms with Crippen molar-refractivity contribution in [3.05, 3.63) is 0 Å². The number of carbonyl (C=O) groups excluding carboxylic acids is 1. The third-order valence-corrected chi connectivity index (χ3v) is 2.19. The first-order valence-corrected chi connectivity index (χ1v) is 4.81. The van der Waals surface area contributed by atoms with Crippen LogP contribution in [0, 0.1) is 0 Å². The summed E-state index contributed by atoms with van der Waals surface area (Å²) in [5.74, 6) is 0.148. The second-order valence-electron chi connectivity index (χ2n) is 2.17. The molecule has 1 amide bonds. The van der Waals surface area contributed by atoms with Crippen LogP contribution in [0.4, 0.5) is 0 Å². The second-order valence-corrected chi connectivity index (χ2v) is 3.35. The Bertz CT molecular complexity index is 106. The van der Waals surface area contributed by atoms with E-state index in [4.69, 9.17) is 0 Å². The molecule has 60 valence electrons. The van der Waals surface area contributed by atoms with Gasteiger partial charge in [0, 0.05) is 6.54 Å². The lowest BCUT2D eigenvalue weighted by Crippen LogP contribution is -2.31. The van der Waals surface area contributed by atoms with Crippen LogP contribution < -0.4 is 5.32 Å². The largest absolute Gasteiger partial charge is 0.355 e. The molecule has 0 spiro atoms. The van der Waals surface area contributed by atoms with Crippen LogP contribution in [0.3, 0.4) is 0 Å². The van der Waals surface area contributed by atoms with Crippen molar-refractivity contribution >= 4 is 17.7 Å². The molecule has 0 saturated carbocycles. The van der Waals surface area contributed by atoms with Gasteiger partial charge in [-0.1, -0.05) is 6.92 Å². The van der Waals surface area contributed by atoms with Crippen LogP contribution in [-0.4, -0.2) is 24.0 Å². The molecule has 0 bridgehead atoms. The highest BCUT2D eigenvalue weighted by Gasteiger charge is 2.08. The summed E-state index contributed by atoms with van der Waals surface area (Å²) in [4.78, 5) is 11.0. The Morgan fingerprint density at radius 3 is 2.70 bits per heavy atom. The molecule has 0 rings (SSSR count). The lowest BCUT2D eigenvalue weighted by Gasteiger charge is -2.07. The minimum absolute atomic E-state index is 0.0894. The van der Waals surface area contributed by atoms with Crippen molar-refractivity contribution in [3.63, 3.8) is 0 Å². The number of amides is 1. The van der Waals surface area contributed by atoms with E-state index in [0.29, 0.717) is 0 Å². The van der Waals surface area contributed by atoms with Gasteiger partial charge in [-0.2, -0.15) is 11.8 Å². The molecule has 0 aromatic heterocycles. The highest BCUT2D eigenvalue weighted by Crippen LogP contribution is 2.03. The van der Waals surface area contributed by atoms with Gasteiger partial charge in [-0.15, -0.1) is 0 Å². The Hall–Kier alpha value is -0.180. The maximum atomic E-state index is 11.0. The smallest absolute Gasteiger partial charge is 0.232 e. The van der Waals surface area contributed by atoms with Gasteiger partial charge >= 0.3 is 0 Å². The Labute approximate surface area is 66.8 Å². The van der Waals surface area contributed by atoms with Crippen LogP contribution in [0.2, 0.25) is 0 Å². The van der Waals surface area contributed by atoms with E-state index in [0.717, 1.165) is 13.0 Å². The minimum atomic E-state index is 0.0894. The van der Waals surface area contributed by atoms with Crippen LogP contribution in [0.1, 0.15) is 20.3 Å². The molecule has 0 heterocycles. The maximum Gasteiger partial charge on any atom is 0.232 e. The van der Waals surface area contributed by atoms with Crippen LogP contribution in [0.5, 0.6) is 0 Å². The fourth-order valence-corrected chi connectivity index (χ4v) is 0.796. The predicted octanol–water partition coefficient (Wildman–Crippen LogP) is 1.26. The number of rotatable bonds is 4. The first-order chi connectivity index (χ1) is 4.72. The molecule has 0 aromatic carbocycles. The number of thioether (sulfide) groups is 1. The summed E-state index contributed by atoms with van der Waals surface area (Å²) in [5, 5.41) is 2.91. The molecule has 3 heteroatoms. The average Bonchev–Trinajstić information content (AvgIpc) is 1.98. The predicted molar refractivity (Wildman–Crippen MR) is 46.3 cm³/mol. The minimum Gasteiger partial charge on any atom is -0.355 e. The number of carbonyl (C=O) groups is 1. The lowest BCUT2D eigenvalue weighted by atomic mass is 10.4. The van der Waals surface area contributed by atoms with Crippen LogP contribution in [0.25, 0.3) is 0 Å². The molecule has 2 nitrogen and oxygen atoms in total. The summed E-state index contributed by atoms with van der Waals surface area (Å²) in [6, 6.07) is 0. The van der Waals surface area contributed by atoms with Crippen molar-refractivity contribution in [3.8, 4) is 0 Å². The molecule has 0 radical (unpaired) electrons. The molecule has 1 unspecified atom stereocenters. The zero-order valence-corrected chi connectivity index (χ0v) is 7.62. The van der Waals surface area contributed by atoms with Gasteiger partial charge in [-0.3, -0.25) is 4.79 Å². The van der Waals surface area contributed by atoms with Gasteiger partial charge in [0.05, 0.1) is 5.25 Å². The summed E-state index contributed by atoms with van der Waals surface area (Å²) in [5.41, 5.74) is 0. The Kier molecular flexibility index (Phi) is 5.49. The van der Waals surface area contributed by atoms with E-state index in [1.807, 2.05) is 20.1 Å². The van der Waals surface area contributed by atoms with Gasteiger partial charge < -0.3 is 5.32 Å². The van der Waals surface area contributed by atoms with Crippen LogP contribution >= 0.6 is 11.8 Å². The van der Waals surface area contributed by atoms with Crippen molar-refractivity contribution in [2.45, 2.75) is 25.5 Å². The van der Waals surface area contributed by atoms with E-state index in [9.17, 15) is 4.79 Å². The van der Waals surface area contributed by atoms with Gasteiger partial charge in [0.15, 0.2) is 0 Å². The Balaban J connectivity index is 3.42. The zero-order chi connectivity index (χ0) is 7.98. The van der Waals surface area contributed by atoms with Crippen LogP contribution in [-0.2, 0) is 4.79 Å². The molecule has 0 aliphatic heterocycles. The average molecular weight is 161 g/mol. The first-order valence-electron chi connectivity index (χ1n) is 3.52. The quantitative estimate of drug-likeness (QED) is 0.672. The van der Waals surface area contributed by atoms with E-state index in [2.05, 4.69) is 5.32 Å².